The van der Waals surface area contributed by atoms with Gasteiger partial charge in [0.25, 0.3) is 0 Å². The van der Waals surface area contributed by atoms with Gasteiger partial charge in [-0.05, 0) is 61.1 Å². The summed E-state index contributed by atoms with van der Waals surface area (Å²) >= 11 is 6.29. The van der Waals surface area contributed by atoms with Crippen LogP contribution in [0.3, 0.4) is 0 Å². The van der Waals surface area contributed by atoms with Crippen LogP contribution >= 0.6 is 11.6 Å². The summed E-state index contributed by atoms with van der Waals surface area (Å²) in [6, 6.07) is 14.1. The van der Waals surface area contributed by atoms with Crippen LogP contribution in [0.15, 0.2) is 42.5 Å². The Labute approximate surface area is 187 Å². The molecule has 3 aromatic rings. The minimum absolute atomic E-state index is 0.0304. The molecule has 2 aromatic carbocycles. The third-order valence-electron chi connectivity index (χ3n) is 6.20. The van der Waals surface area contributed by atoms with E-state index < -0.39 is 9.84 Å². The lowest BCUT2D eigenvalue weighted by molar-refractivity contribution is 0.290. The lowest BCUT2D eigenvalue weighted by Crippen LogP contribution is -2.29. The van der Waals surface area contributed by atoms with E-state index in [0.717, 1.165) is 34.9 Å². The summed E-state index contributed by atoms with van der Waals surface area (Å²) in [5.74, 6) is 1.01. The first-order chi connectivity index (χ1) is 15.0. The van der Waals surface area contributed by atoms with Gasteiger partial charge in [-0.2, -0.15) is 0 Å². The van der Waals surface area contributed by atoms with Crippen molar-refractivity contribution in [1.82, 2.24) is 10.3 Å². The molecule has 1 saturated heterocycles. The largest absolute Gasteiger partial charge is 0.472 e. The fourth-order valence-electron chi connectivity index (χ4n) is 4.50. The van der Waals surface area contributed by atoms with Gasteiger partial charge in [0.2, 0.25) is 5.88 Å². The predicted molar refractivity (Wildman–Crippen MR) is 123 cm³/mol. The molecule has 1 aliphatic carbocycles. The van der Waals surface area contributed by atoms with Crippen LogP contribution in [0.2, 0.25) is 5.02 Å². The van der Waals surface area contributed by atoms with Gasteiger partial charge in [0.15, 0.2) is 9.84 Å². The van der Waals surface area contributed by atoms with E-state index >= 15 is 0 Å². The molecular formula is C24H25ClN2O3S. The Balaban J connectivity index is 1.44. The summed E-state index contributed by atoms with van der Waals surface area (Å²) in [6.07, 6.45) is 4.05. The second-order valence-electron chi connectivity index (χ2n) is 8.48. The summed E-state index contributed by atoms with van der Waals surface area (Å²) in [6.45, 7) is 0.839. The van der Waals surface area contributed by atoms with Crippen LogP contribution in [-0.4, -0.2) is 30.9 Å². The Bertz CT molecular complexity index is 1240. The molecule has 0 bridgehead atoms. The highest BCUT2D eigenvalue weighted by Crippen LogP contribution is 2.30. The van der Waals surface area contributed by atoms with E-state index in [1.165, 1.54) is 17.5 Å². The van der Waals surface area contributed by atoms with Gasteiger partial charge in [-0.25, -0.2) is 13.4 Å². The summed E-state index contributed by atoms with van der Waals surface area (Å²) in [7, 11) is -2.93. The second kappa shape index (κ2) is 8.41. The first kappa shape index (κ1) is 20.7. The molecule has 5 rings (SSSR count). The predicted octanol–water partition coefficient (Wildman–Crippen LogP) is 4.23. The summed E-state index contributed by atoms with van der Waals surface area (Å²) in [4.78, 5) is 4.85. The van der Waals surface area contributed by atoms with Crippen molar-refractivity contribution in [2.75, 3.05) is 11.5 Å². The average Bonchev–Trinajstić information content (AvgIpc) is 3.34. The van der Waals surface area contributed by atoms with Crippen molar-refractivity contribution in [2.45, 2.75) is 44.9 Å². The van der Waals surface area contributed by atoms with Gasteiger partial charge in [-0.15, -0.1) is 0 Å². The third-order valence-corrected chi connectivity index (χ3v) is 8.34. The monoisotopic (exact) mass is 456 g/mol. The fraction of sp³-hybridized carbons (Fsp3) is 0.375. The number of pyridine rings is 1. The molecule has 0 saturated carbocycles. The fourth-order valence-corrected chi connectivity index (χ4v) is 6.39. The highest BCUT2D eigenvalue weighted by atomic mass is 35.5. The Morgan fingerprint density at radius 2 is 1.90 bits per heavy atom. The van der Waals surface area contributed by atoms with E-state index in [1.807, 2.05) is 24.3 Å². The van der Waals surface area contributed by atoms with Gasteiger partial charge in [0.05, 0.1) is 17.0 Å². The number of halogens is 1. The molecule has 1 aromatic heterocycles. The Morgan fingerprint density at radius 3 is 2.68 bits per heavy atom. The molecule has 31 heavy (non-hydrogen) atoms. The second-order valence-corrected chi connectivity index (χ2v) is 11.1. The van der Waals surface area contributed by atoms with Crippen LogP contribution in [0.4, 0.5) is 0 Å². The Kier molecular flexibility index (Phi) is 5.63. The lowest BCUT2D eigenvalue weighted by atomic mass is 10.0. The number of fused-ring (bicyclic) bond motifs is 2. The summed E-state index contributed by atoms with van der Waals surface area (Å²) < 4.78 is 29.7. The number of nitrogens with one attached hydrogen (secondary N) is 1. The summed E-state index contributed by atoms with van der Waals surface area (Å²) in [5.41, 5.74) is 5.54. The van der Waals surface area contributed by atoms with E-state index in [1.54, 1.807) is 0 Å². The number of aromatic nitrogens is 1. The molecule has 0 unspecified atom stereocenters. The minimum Gasteiger partial charge on any atom is -0.472 e. The molecular weight excluding hydrogens is 432 g/mol. The van der Waals surface area contributed by atoms with Gasteiger partial charge in [-0.3, -0.25) is 0 Å². The normalized spacial score (nSPS) is 19.6. The molecule has 162 valence electrons. The molecule has 0 radical (unpaired) electrons. The number of ether oxygens (including phenoxy) is 1. The average molecular weight is 457 g/mol. The number of benzene rings is 2. The first-order valence-corrected chi connectivity index (χ1v) is 12.9. The van der Waals surface area contributed by atoms with E-state index in [2.05, 4.69) is 23.5 Å². The van der Waals surface area contributed by atoms with Gasteiger partial charge >= 0.3 is 0 Å². The lowest BCUT2D eigenvalue weighted by Gasteiger charge is -2.16. The van der Waals surface area contributed by atoms with Crippen LogP contribution < -0.4 is 10.1 Å². The molecule has 7 heteroatoms. The molecule has 0 amide bonds. The molecule has 1 atom stereocenters. The van der Waals surface area contributed by atoms with E-state index in [0.29, 0.717) is 30.5 Å². The van der Waals surface area contributed by atoms with Gasteiger partial charge in [-0.1, -0.05) is 29.8 Å². The van der Waals surface area contributed by atoms with Crippen molar-refractivity contribution in [3.8, 4) is 5.88 Å². The zero-order chi connectivity index (χ0) is 21.4. The Morgan fingerprint density at radius 1 is 1.10 bits per heavy atom. The molecule has 1 aliphatic heterocycles. The maximum Gasteiger partial charge on any atom is 0.218 e. The molecule has 5 nitrogen and oxygen atoms in total. The number of sulfone groups is 1. The van der Waals surface area contributed by atoms with Crippen LogP contribution in [-0.2, 0) is 35.8 Å². The van der Waals surface area contributed by atoms with E-state index in [9.17, 15) is 8.42 Å². The number of aryl methyl sites for hydroxylation is 2. The zero-order valence-electron chi connectivity index (χ0n) is 17.2. The SMILES string of the molecule is O=S1(=O)CC[C@H](NCc2cc3cc4c(cc3nc2OCc2ccccc2Cl)CCC4)C1. The van der Waals surface area contributed by atoms with Crippen molar-refractivity contribution in [2.24, 2.45) is 0 Å². The number of hydrogen-bond acceptors (Lipinski definition) is 5. The smallest absolute Gasteiger partial charge is 0.218 e. The van der Waals surface area contributed by atoms with Crippen LogP contribution in [0.25, 0.3) is 10.9 Å². The van der Waals surface area contributed by atoms with Crippen LogP contribution in [0, 0.1) is 0 Å². The highest BCUT2D eigenvalue weighted by Gasteiger charge is 2.27. The van der Waals surface area contributed by atoms with Crippen molar-refractivity contribution >= 4 is 32.3 Å². The minimum atomic E-state index is -2.93. The zero-order valence-corrected chi connectivity index (χ0v) is 18.8. The van der Waals surface area contributed by atoms with Gasteiger partial charge in [0, 0.05) is 34.1 Å². The highest BCUT2D eigenvalue weighted by molar-refractivity contribution is 7.91. The van der Waals surface area contributed by atoms with Crippen LogP contribution in [0.5, 0.6) is 5.88 Å². The van der Waals surface area contributed by atoms with E-state index in [4.69, 9.17) is 21.3 Å². The van der Waals surface area contributed by atoms with Crippen molar-refractivity contribution in [1.29, 1.82) is 0 Å². The van der Waals surface area contributed by atoms with Gasteiger partial charge in [0.1, 0.15) is 6.61 Å². The maximum absolute atomic E-state index is 11.8. The summed E-state index contributed by atoms with van der Waals surface area (Å²) in [5, 5.41) is 5.16. The molecule has 2 aliphatic rings. The molecule has 1 N–H and O–H groups in total. The maximum atomic E-state index is 11.8. The van der Waals surface area contributed by atoms with Gasteiger partial charge < -0.3 is 10.1 Å². The number of nitrogens with zero attached hydrogens (tertiary/aromatic N) is 1. The topological polar surface area (TPSA) is 68.3 Å². The molecule has 0 spiro atoms. The molecule has 1 fully saturated rings. The first-order valence-electron chi connectivity index (χ1n) is 10.7. The quantitative estimate of drug-likeness (QED) is 0.601. The van der Waals surface area contributed by atoms with Crippen LogP contribution in [0.1, 0.15) is 35.1 Å². The van der Waals surface area contributed by atoms with Crippen molar-refractivity contribution in [3.05, 3.63) is 69.7 Å². The van der Waals surface area contributed by atoms with E-state index in [-0.39, 0.29) is 17.5 Å². The van der Waals surface area contributed by atoms with Crippen molar-refractivity contribution in [3.63, 3.8) is 0 Å². The third kappa shape index (κ3) is 4.56. The number of rotatable bonds is 6. The molecule has 2 heterocycles. The van der Waals surface area contributed by atoms with Crippen molar-refractivity contribution < 1.29 is 13.2 Å². The standard InChI is InChI=1S/C24H25ClN2O3S/c25-22-7-2-1-4-18(22)14-30-24-20(13-26-21-8-9-31(28,29)15-21)11-19-10-16-5-3-6-17(16)12-23(19)27-24/h1-2,4,7,10-12,21,26H,3,5-6,8-9,13-15H2/t21-/m0/s1. The number of hydrogen-bond donors (Lipinski definition) is 1. The Hall–Kier alpha value is -2.15.